The highest BCUT2D eigenvalue weighted by atomic mass is 16.5. The fourth-order valence-electron chi connectivity index (χ4n) is 1.60. The van der Waals surface area contributed by atoms with Gasteiger partial charge in [-0.1, -0.05) is 18.2 Å². The van der Waals surface area contributed by atoms with E-state index in [0.29, 0.717) is 19.6 Å². The first-order valence-electron chi connectivity index (χ1n) is 6.59. The van der Waals surface area contributed by atoms with E-state index in [0.717, 1.165) is 10.6 Å². The molecule has 0 radical (unpaired) electrons. The van der Waals surface area contributed by atoms with Crippen molar-refractivity contribution in [2.45, 2.75) is 13.3 Å². The van der Waals surface area contributed by atoms with E-state index in [4.69, 9.17) is 10.5 Å². The van der Waals surface area contributed by atoms with Gasteiger partial charge in [0.1, 0.15) is 5.75 Å². The summed E-state index contributed by atoms with van der Waals surface area (Å²) in [6.45, 7) is 2.76. The van der Waals surface area contributed by atoms with Crippen molar-refractivity contribution < 1.29 is 14.3 Å². The maximum atomic E-state index is 11.7. The van der Waals surface area contributed by atoms with E-state index in [1.54, 1.807) is 0 Å². The number of ether oxygens (including phenoxy) is 1. The Morgan fingerprint density at radius 2 is 2.00 bits per heavy atom. The number of carbonyl (C=O) groups excluding carboxylic acids is 2. The molecule has 0 aliphatic rings. The van der Waals surface area contributed by atoms with Crippen molar-refractivity contribution in [3.63, 3.8) is 0 Å². The van der Waals surface area contributed by atoms with Crippen molar-refractivity contribution in [2.75, 3.05) is 26.2 Å². The minimum atomic E-state index is -0.414. The summed E-state index contributed by atoms with van der Waals surface area (Å²) in [5.74, 6) is 0.487. The largest absolute Gasteiger partial charge is 0.494 e. The summed E-state index contributed by atoms with van der Waals surface area (Å²) < 4.78 is 5.49. The predicted octanol–water partition coefficient (Wildman–Crippen LogP) is 0.972. The van der Waals surface area contributed by atoms with Crippen LogP contribution < -0.4 is 15.8 Å². The van der Waals surface area contributed by atoms with Crippen LogP contribution in [0.15, 0.2) is 30.3 Å². The van der Waals surface area contributed by atoms with Crippen LogP contribution in [-0.4, -0.2) is 43.1 Å². The summed E-state index contributed by atoms with van der Waals surface area (Å²) in [5.41, 5.74) is 5.35. The van der Waals surface area contributed by atoms with Crippen LogP contribution in [0.1, 0.15) is 13.3 Å². The van der Waals surface area contributed by atoms with Crippen LogP contribution >= 0.6 is 0 Å². The molecule has 0 fully saturated rings. The van der Waals surface area contributed by atoms with Gasteiger partial charge in [0, 0.05) is 26.6 Å². The smallest absolute Gasteiger partial charge is 0.324 e. The minimum Gasteiger partial charge on any atom is -0.494 e. The quantitative estimate of drug-likeness (QED) is 0.728. The number of nitrogens with zero attached hydrogens (tertiary/aromatic N) is 1. The number of urea groups is 1. The number of carbonyl (C=O) groups is 2. The molecule has 0 aliphatic heterocycles. The molecule has 6 heteroatoms. The Kier molecular flexibility index (Phi) is 7.13. The number of nitrogens with one attached hydrogen (secondary N) is 1. The van der Waals surface area contributed by atoms with Gasteiger partial charge in [-0.3, -0.25) is 9.69 Å². The van der Waals surface area contributed by atoms with Crippen LogP contribution in [0.5, 0.6) is 5.75 Å². The number of imide groups is 1. The highest BCUT2D eigenvalue weighted by molar-refractivity contribution is 5.93. The van der Waals surface area contributed by atoms with E-state index >= 15 is 0 Å². The number of nitrogens with two attached hydrogens (primary N) is 1. The Morgan fingerprint density at radius 3 is 2.60 bits per heavy atom. The highest BCUT2D eigenvalue weighted by Gasteiger charge is 2.15. The zero-order valence-corrected chi connectivity index (χ0v) is 11.7. The molecular weight excluding hydrogens is 258 g/mol. The molecule has 0 spiro atoms. The lowest BCUT2D eigenvalue weighted by Gasteiger charge is -2.18. The Morgan fingerprint density at radius 1 is 1.30 bits per heavy atom. The Hall–Kier alpha value is -2.08. The van der Waals surface area contributed by atoms with E-state index in [1.807, 2.05) is 30.3 Å². The average molecular weight is 279 g/mol. The van der Waals surface area contributed by atoms with Crippen molar-refractivity contribution in [3.05, 3.63) is 30.3 Å². The van der Waals surface area contributed by atoms with Crippen LogP contribution in [0, 0.1) is 0 Å². The van der Waals surface area contributed by atoms with Crippen LogP contribution in [-0.2, 0) is 4.79 Å². The van der Waals surface area contributed by atoms with Crippen LogP contribution in [0.4, 0.5) is 4.79 Å². The fourth-order valence-corrected chi connectivity index (χ4v) is 1.60. The summed E-state index contributed by atoms with van der Waals surface area (Å²) in [6, 6.07) is 9.04. The molecule has 1 aromatic rings. The third-order valence-corrected chi connectivity index (χ3v) is 2.59. The van der Waals surface area contributed by atoms with E-state index < -0.39 is 6.03 Å². The van der Waals surface area contributed by atoms with E-state index in [2.05, 4.69) is 5.32 Å². The average Bonchev–Trinajstić information content (AvgIpc) is 2.45. The number of benzene rings is 1. The number of para-hydroxylation sites is 1. The number of amides is 3. The maximum absolute atomic E-state index is 11.7. The number of hydrogen-bond acceptors (Lipinski definition) is 4. The lowest BCUT2D eigenvalue weighted by Crippen LogP contribution is -2.45. The van der Waals surface area contributed by atoms with Crippen LogP contribution in [0.2, 0.25) is 0 Å². The summed E-state index contributed by atoms with van der Waals surface area (Å²) in [6.07, 6.45) is 0.662. The van der Waals surface area contributed by atoms with Gasteiger partial charge in [-0.05, 0) is 18.6 Å². The third-order valence-electron chi connectivity index (χ3n) is 2.59. The topological polar surface area (TPSA) is 84.7 Å². The summed E-state index contributed by atoms with van der Waals surface area (Å²) in [7, 11) is 0. The van der Waals surface area contributed by atoms with Crippen molar-refractivity contribution >= 4 is 11.9 Å². The fraction of sp³-hybridized carbons (Fsp3) is 0.429. The third kappa shape index (κ3) is 5.71. The zero-order valence-electron chi connectivity index (χ0n) is 11.7. The Labute approximate surface area is 118 Å². The summed E-state index contributed by atoms with van der Waals surface area (Å²) >= 11 is 0. The summed E-state index contributed by atoms with van der Waals surface area (Å²) in [4.78, 5) is 24.0. The first-order chi connectivity index (χ1) is 9.65. The molecule has 0 aromatic heterocycles. The van der Waals surface area contributed by atoms with Gasteiger partial charge in [-0.25, -0.2) is 4.79 Å². The highest BCUT2D eigenvalue weighted by Crippen LogP contribution is 2.07. The van der Waals surface area contributed by atoms with E-state index in [1.165, 1.54) is 6.92 Å². The molecule has 0 bridgehead atoms. The van der Waals surface area contributed by atoms with Gasteiger partial charge >= 0.3 is 6.03 Å². The zero-order chi connectivity index (χ0) is 14.8. The molecule has 0 unspecified atom stereocenters. The Balaban J connectivity index is 2.20. The van der Waals surface area contributed by atoms with Crippen molar-refractivity contribution in [1.29, 1.82) is 0 Å². The molecule has 0 aliphatic carbocycles. The summed E-state index contributed by atoms with van der Waals surface area (Å²) in [5, 5.41) is 2.67. The molecule has 0 atom stereocenters. The van der Waals surface area contributed by atoms with E-state index in [9.17, 15) is 9.59 Å². The first-order valence-corrected chi connectivity index (χ1v) is 6.59. The molecule has 1 rings (SSSR count). The van der Waals surface area contributed by atoms with Gasteiger partial charge < -0.3 is 15.8 Å². The lowest BCUT2D eigenvalue weighted by atomic mass is 10.3. The normalized spacial score (nSPS) is 9.90. The molecule has 20 heavy (non-hydrogen) atoms. The number of rotatable bonds is 7. The van der Waals surface area contributed by atoms with Gasteiger partial charge in [0.25, 0.3) is 0 Å². The second kappa shape index (κ2) is 8.92. The van der Waals surface area contributed by atoms with Crippen molar-refractivity contribution in [1.82, 2.24) is 10.2 Å². The predicted molar refractivity (Wildman–Crippen MR) is 76.4 cm³/mol. The molecule has 6 nitrogen and oxygen atoms in total. The molecule has 1 aromatic carbocycles. The molecule has 0 heterocycles. The lowest BCUT2D eigenvalue weighted by molar-refractivity contribution is -0.125. The Bertz CT molecular complexity index is 423. The van der Waals surface area contributed by atoms with Crippen molar-refractivity contribution in [3.8, 4) is 5.75 Å². The maximum Gasteiger partial charge on any atom is 0.324 e. The van der Waals surface area contributed by atoms with Gasteiger partial charge in [-0.15, -0.1) is 0 Å². The second-order valence-corrected chi connectivity index (χ2v) is 4.21. The molecule has 3 amide bonds. The first kappa shape index (κ1) is 16.0. The monoisotopic (exact) mass is 279 g/mol. The van der Waals surface area contributed by atoms with Crippen LogP contribution in [0.3, 0.4) is 0 Å². The van der Waals surface area contributed by atoms with Gasteiger partial charge in [0.15, 0.2) is 0 Å². The van der Waals surface area contributed by atoms with Crippen molar-refractivity contribution in [2.24, 2.45) is 5.73 Å². The van der Waals surface area contributed by atoms with E-state index in [-0.39, 0.29) is 19.0 Å². The minimum absolute atomic E-state index is 0.224. The second-order valence-electron chi connectivity index (χ2n) is 4.21. The SMILES string of the molecule is CC(=O)N(CCN)C(=O)NCCCOc1ccccc1. The standard InChI is InChI=1S/C14H21N3O3/c1-12(18)17(10-8-15)14(19)16-9-5-11-20-13-6-3-2-4-7-13/h2-4,6-7H,5,8-11,15H2,1H3,(H,16,19). The molecule has 0 saturated carbocycles. The van der Waals surface area contributed by atoms with Crippen LogP contribution in [0.25, 0.3) is 0 Å². The van der Waals surface area contributed by atoms with Gasteiger partial charge in [0.05, 0.1) is 6.61 Å². The molecule has 0 saturated heterocycles. The number of hydrogen-bond donors (Lipinski definition) is 2. The van der Waals surface area contributed by atoms with Gasteiger partial charge in [-0.2, -0.15) is 0 Å². The molecular formula is C14H21N3O3. The molecule has 3 N–H and O–H groups in total. The van der Waals surface area contributed by atoms with Gasteiger partial charge in [0.2, 0.25) is 5.91 Å². The molecule has 110 valence electrons.